The molecule has 1 aliphatic rings. The third-order valence-corrected chi connectivity index (χ3v) is 6.22. The summed E-state index contributed by atoms with van der Waals surface area (Å²) in [4.78, 5) is 2.48. The van der Waals surface area contributed by atoms with Crippen LogP contribution >= 0.6 is 0 Å². The number of aryl methyl sites for hydroxylation is 1. The maximum Gasteiger partial charge on any atom is 0.573 e. The number of fused-ring (bicyclic) bond motifs is 1. The van der Waals surface area contributed by atoms with Crippen molar-refractivity contribution < 1.29 is 17.9 Å². The zero-order chi connectivity index (χ0) is 23.4. The van der Waals surface area contributed by atoms with Gasteiger partial charge in [-0.05, 0) is 79.9 Å². The van der Waals surface area contributed by atoms with E-state index in [9.17, 15) is 13.2 Å². The molecule has 33 heavy (non-hydrogen) atoms. The molecule has 178 valence electrons. The van der Waals surface area contributed by atoms with Gasteiger partial charge in [0.15, 0.2) is 0 Å². The lowest BCUT2D eigenvalue weighted by Gasteiger charge is -2.26. The second kappa shape index (κ2) is 10.2. The summed E-state index contributed by atoms with van der Waals surface area (Å²) in [7, 11) is 0. The minimum atomic E-state index is -4.74. The molecule has 5 nitrogen and oxygen atoms in total. The lowest BCUT2D eigenvalue weighted by molar-refractivity contribution is -0.274. The van der Waals surface area contributed by atoms with Crippen molar-refractivity contribution in [3.8, 4) is 16.9 Å². The first-order chi connectivity index (χ1) is 15.9. The molecule has 8 heteroatoms. The molecule has 0 atom stereocenters. The Morgan fingerprint density at radius 1 is 0.939 bits per heavy atom. The second-order valence-electron chi connectivity index (χ2n) is 8.64. The highest BCUT2D eigenvalue weighted by Gasteiger charge is 2.31. The van der Waals surface area contributed by atoms with Crippen molar-refractivity contribution >= 4 is 10.9 Å². The van der Waals surface area contributed by atoms with Gasteiger partial charge < -0.3 is 20.8 Å². The number of hydrogen-bond donors (Lipinski definition) is 2. The highest BCUT2D eigenvalue weighted by atomic mass is 19.4. The quantitative estimate of drug-likeness (QED) is 0.496. The molecule has 2 heterocycles. The predicted molar refractivity (Wildman–Crippen MR) is 125 cm³/mol. The van der Waals surface area contributed by atoms with Gasteiger partial charge in [-0.1, -0.05) is 18.6 Å². The minimum absolute atomic E-state index is 0.104. The van der Waals surface area contributed by atoms with Gasteiger partial charge in [-0.2, -0.15) is 0 Å². The Labute approximate surface area is 192 Å². The van der Waals surface area contributed by atoms with Crippen LogP contribution in [0, 0.1) is 0 Å². The molecule has 3 aromatic rings. The van der Waals surface area contributed by atoms with Crippen LogP contribution in [-0.4, -0.2) is 35.5 Å². The summed E-state index contributed by atoms with van der Waals surface area (Å²) in [5.41, 5.74) is 16.4. The van der Waals surface area contributed by atoms with Crippen molar-refractivity contribution in [2.24, 2.45) is 11.5 Å². The molecule has 1 fully saturated rings. The van der Waals surface area contributed by atoms with Crippen molar-refractivity contribution in [3.63, 3.8) is 0 Å². The number of alkyl halides is 3. The molecule has 0 bridgehead atoms. The third kappa shape index (κ3) is 5.69. The minimum Gasteiger partial charge on any atom is -0.406 e. The van der Waals surface area contributed by atoms with Crippen LogP contribution in [0.1, 0.15) is 36.8 Å². The number of benzene rings is 2. The fourth-order valence-corrected chi connectivity index (χ4v) is 4.68. The van der Waals surface area contributed by atoms with Gasteiger partial charge in [-0.3, -0.25) is 4.90 Å². The number of likely N-dealkylation sites (tertiary alicyclic amines) is 1. The highest BCUT2D eigenvalue weighted by Crippen LogP contribution is 2.36. The molecule has 4 rings (SSSR count). The van der Waals surface area contributed by atoms with Crippen molar-refractivity contribution in [1.29, 1.82) is 0 Å². The smallest absolute Gasteiger partial charge is 0.406 e. The average Bonchev–Trinajstić information content (AvgIpc) is 3.15. The standard InChI is InChI=1S/C25H31F3N4O/c26-25(27,28)33-20-6-7-21(19(14-20)15-30)23-17-32(12-4-9-29)24-8-5-18(13-22(23)24)16-31-10-2-1-3-11-31/h5-8,13-14,17H,1-4,9-12,15-16,29-30H2. The van der Waals surface area contributed by atoms with E-state index in [1.165, 1.54) is 37.0 Å². The lowest BCUT2D eigenvalue weighted by Crippen LogP contribution is -2.29. The van der Waals surface area contributed by atoms with Crippen molar-refractivity contribution in [1.82, 2.24) is 9.47 Å². The van der Waals surface area contributed by atoms with Crippen LogP contribution in [0.4, 0.5) is 13.2 Å². The fraction of sp³-hybridized carbons (Fsp3) is 0.440. The summed E-state index contributed by atoms with van der Waals surface area (Å²) < 4.78 is 44.4. The van der Waals surface area contributed by atoms with Crippen molar-refractivity contribution in [3.05, 3.63) is 53.7 Å². The van der Waals surface area contributed by atoms with Gasteiger partial charge in [0.2, 0.25) is 0 Å². The number of hydrogen-bond acceptors (Lipinski definition) is 4. The van der Waals surface area contributed by atoms with E-state index >= 15 is 0 Å². The maximum atomic E-state index is 12.7. The van der Waals surface area contributed by atoms with E-state index < -0.39 is 6.36 Å². The largest absolute Gasteiger partial charge is 0.573 e. The Morgan fingerprint density at radius 3 is 2.42 bits per heavy atom. The summed E-state index contributed by atoms with van der Waals surface area (Å²) in [6, 6.07) is 10.9. The molecule has 0 saturated carbocycles. The van der Waals surface area contributed by atoms with E-state index in [2.05, 4.69) is 38.6 Å². The molecule has 0 spiro atoms. The van der Waals surface area contributed by atoms with Crippen LogP contribution in [0.3, 0.4) is 0 Å². The first-order valence-electron chi connectivity index (χ1n) is 11.5. The molecule has 1 saturated heterocycles. The number of piperidine rings is 1. The van der Waals surface area contributed by atoms with Crippen LogP contribution in [0.5, 0.6) is 5.75 Å². The van der Waals surface area contributed by atoms with Gasteiger partial charge in [0.25, 0.3) is 0 Å². The summed E-state index contributed by atoms with van der Waals surface area (Å²) in [6.45, 7) is 4.57. The van der Waals surface area contributed by atoms with E-state index in [1.54, 1.807) is 6.07 Å². The molecular weight excluding hydrogens is 429 g/mol. The van der Waals surface area contributed by atoms with Crippen LogP contribution in [0.25, 0.3) is 22.0 Å². The Balaban J connectivity index is 1.75. The van der Waals surface area contributed by atoms with E-state index in [0.29, 0.717) is 12.1 Å². The zero-order valence-corrected chi connectivity index (χ0v) is 18.7. The molecule has 0 unspecified atom stereocenters. The van der Waals surface area contributed by atoms with Crippen molar-refractivity contribution in [2.45, 2.75) is 51.7 Å². The van der Waals surface area contributed by atoms with Crippen LogP contribution in [0.15, 0.2) is 42.6 Å². The molecule has 4 N–H and O–H groups in total. The summed E-state index contributed by atoms with van der Waals surface area (Å²) >= 11 is 0. The molecule has 1 aliphatic heterocycles. The molecule has 0 amide bonds. The second-order valence-corrected chi connectivity index (χ2v) is 8.64. The highest BCUT2D eigenvalue weighted by molar-refractivity contribution is 5.97. The fourth-order valence-electron chi connectivity index (χ4n) is 4.68. The Morgan fingerprint density at radius 2 is 1.73 bits per heavy atom. The number of nitrogens with zero attached hydrogens (tertiary/aromatic N) is 2. The summed E-state index contributed by atoms with van der Waals surface area (Å²) in [5, 5.41) is 1.07. The molecule has 2 aromatic carbocycles. The molecule has 1 aromatic heterocycles. The van der Waals surface area contributed by atoms with Crippen LogP contribution < -0.4 is 16.2 Å². The number of aromatic nitrogens is 1. The van der Waals surface area contributed by atoms with Gasteiger partial charge >= 0.3 is 6.36 Å². The van der Waals surface area contributed by atoms with E-state index in [-0.39, 0.29) is 12.3 Å². The zero-order valence-electron chi connectivity index (χ0n) is 18.7. The average molecular weight is 461 g/mol. The van der Waals surface area contributed by atoms with E-state index in [1.807, 2.05) is 0 Å². The maximum absolute atomic E-state index is 12.7. The number of rotatable bonds is 8. The first kappa shape index (κ1) is 23.6. The normalized spacial score (nSPS) is 15.3. The Kier molecular flexibility index (Phi) is 7.26. The number of ether oxygens (including phenoxy) is 1. The summed E-state index contributed by atoms with van der Waals surface area (Å²) in [5.74, 6) is -0.260. The van der Waals surface area contributed by atoms with Crippen LogP contribution in [0.2, 0.25) is 0 Å². The Bertz CT molecular complexity index is 1090. The molecule has 0 radical (unpaired) electrons. The topological polar surface area (TPSA) is 69.4 Å². The third-order valence-electron chi connectivity index (χ3n) is 6.22. The number of nitrogens with two attached hydrogens (primary N) is 2. The molecule has 0 aliphatic carbocycles. The number of halogens is 3. The van der Waals surface area contributed by atoms with Gasteiger partial charge in [-0.15, -0.1) is 13.2 Å². The summed E-state index contributed by atoms with van der Waals surface area (Å²) in [6.07, 6.45) is 1.91. The molecular formula is C25H31F3N4O. The van der Waals surface area contributed by atoms with Gasteiger partial charge in [0.05, 0.1) is 0 Å². The van der Waals surface area contributed by atoms with Crippen molar-refractivity contribution in [2.75, 3.05) is 19.6 Å². The first-order valence-corrected chi connectivity index (χ1v) is 11.5. The predicted octanol–water partition coefficient (Wildman–Crippen LogP) is 5.00. The van der Waals surface area contributed by atoms with Crippen LogP contribution in [-0.2, 0) is 19.6 Å². The Hall–Kier alpha value is -2.55. The monoisotopic (exact) mass is 460 g/mol. The van der Waals surface area contributed by atoms with Gasteiger partial charge in [0.1, 0.15) is 5.75 Å². The van der Waals surface area contributed by atoms with Gasteiger partial charge in [-0.25, -0.2) is 0 Å². The van der Waals surface area contributed by atoms with E-state index in [0.717, 1.165) is 54.6 Å². The van der Waals surface area contributed by atoms with Gasteiger partial charge in [0, 0.05) is 42.3 Å². The SMILES string of the molecule is NCCCn1cc(-c2ccc(OC(F)(F)F)cc2CN)c2cc(CN3CCCCC3)ccc21. The lowest BCUT2D eigenvalue weighted by atomic mass is 9.98. The van der Waals surface area contributed by atoms with E-state index in [4.69, 9.17) is 11.5 Å².